The molecule has 0 aromatic heterocycles. The highest BCUT2D eigenvalue weighted by molar-refractivity contribution is 5.79. The first-order valence-electron chi connectivity index (χ1n) is 11.9. The number of ether oxygens (including phenoxy) is 2. The summed E-state index contributed by atoms with van der Waals surface area (Å²) in [6.07, 6.45) is 0. The first kappa shape index (κ1) is 24.2. The molecule has 2 amide bonds. The van der Waals surface area contributed by atoms with E-state index in [4.69, 9.17) is 9.47 Å². The maximum absolute atomic E-state index is 13.0. The van der Waals surface area contributed by atoms with Crippen LogP contribution >= 0.6 is 0 Å². The Balaban J connectivity index is 1.29. The average molecular weight is 467 g/mol. The number of morpholine rings is 1. The second-order valence-electron chi connectivity index (χ2n) is 8.73. The Morgan fingerprint density at radius 1 is 0.853 bits per heavy atom. The summed E-state index contributed by atoms with van der Waals surface area (Å²) in [5, 5.41) is 3.21. The van der Waals surface area contributed by atoms with Gasteiger partial charge in [0.05, 0.1) is 39.5 Å². The maximum atomic E-state index is 13.0. The molecule has 0 radical (unpaired) electrons. The van der Waals surface area contributed by atoms with Crippen molar-refractivity contribution in [3.05, 3.63) is 65.7 Å². The van der Waals surface area contributed by atoms with Crippen molar-refractivity contribution in [3.63, 3.8) is 0 Å². The highest BCUT2D eigenvalue weighted by Crippen LogP contribution is 2.24. The first-order valence-corrected chi connectivity index (χ1v) is 11.9. The van der Waals surface area contributed by atoms with Gasteiger partial charge in [0.25, 0.3) is 0 Å². The Morgan fingerprint density at radius 2 is 1.44 bits per heavy atom. The monoisotopic (exact) mass is 466 g/mol. The third kappa shape index (κ3) is 6.56. The molecule has 2 aliphatic heterocycles. The predicted molar refractivity (Wildman–Crippen MR) is 130 cm³/mol. The molecular formula is C26H34N4O4. The van der Waals surface area contributed by atoms with E-state index in [1.54, 1.807) is 7.11 Å². The van der Waals surface area contributed by atoms with E-state index in [2.05, 4.69) is 15.1 Å². The van der Waals surface area contributed by atoms with Crippen LogP contribution in [0, 0.1) is 0 Å². The minimum atomic E-state index is -0.230. The van der Waals surface area contributed by atoms with Crippen LogP contribution in [0.4, 0.5) is 0 Å². The van der Waals surface area contributed by atoms with Gasteiger partial charge in [-0.05, 0) is 23.3 Å². The Labute approximate surface area is 201 Å². The standard InChI is InChI=1S/C26H34N4O4/c1-33-23-9-7-22(8-10-23)26(21-5-3-2-4-6-21)27-24(31)19-28-11-13-29(14-12-28)20-25(32)30-15-17-34-18-16-30/h2-10,26H,11-20H2,1H3,(H,27,31)/t26-/m1/s1. The van der Waals surface area contributed by atoms with Crippen LogP contribution in [0.2, 0.25) is 0 Å². The largest absolute Gasteiger partial charge is 0.497 e. The molecule has 0 unspecified atom stereocenters. The number of nitrogens with one attached hydrogen (secondary N) is 1. The number of amides is 2. The summed E-state index contributed by atoms with van der Waals surface area (Å²) in [5.74, 6) is 0.939. The lowest BCUT2D eigenvalue weighted by molar-refractivity contribution is -0.137. The number of methoxy groups -OCH3 is 1. The Kier molecular flexibility index (Phi) is 8.51. The van der Waals surface area contributed by atoms with Crippen LogP contribution in [-0.4, -0.2) is 99.2 Å². The van der Waals surface area contributed by atoms with Gasteiger partial charge in [0.1, 0.15) is 5.75 Å². The van der Waals surface area contributed by atoms with E-state index in [1.165, 1.54) is 0 Å². The highest BCUT2D eigenvalue weighted by Gasteiger charge is 2.25. The van der Waals surface area contributed by atoms with Crippen LogP contribution < -0.4 is 10.1 Å². The summed E-state index contributed by atoms with van der Waals surface area (Å²) >= 11 is 0. The molecule has 2 aromatic carbocycles. The van der Waals surface area contributed by atoms with E-state index < -0.39 is 0 Å². The summed E-state index contributed by atoms with van der Waals surface area (Å²) in [6, 6.07) is 17.6. The molecule has 2 aliphatic rings. The molecule has 2 saturated heterocycles. The van der Waals surface area contributed by atoms with Gasteiger partial charge in [-0.25, -0.2) is 0 Å². The number of hydrogen-bond acceptors (Lipinski definition) is 6. The van der Waals surface area contributed by atoms with Gasteiger partial charge in [-0.15, -0.1) is 0 Å². The minimum Gasteiger partial charge on any atom is -0.497 e. The number of carbonyl (C=O) groups is 2. The lowest BCUT2D eigenvalue weighted by Crippen LogP contribution is -2.53. The highest BCUT2D eigenvalue weighted by atomic mass is 16.5. The lowest BCUT2D eigenvalue weighted by Gasteiger charge is -2.36. The van der Waals surface area contributed by atoms with E-state index >= 15 is 0 Å². The molecule has 2 fully saturated rings. The van der Waals surface area contributed by atoms with Gasteiger partial charge in [-0.2, -0.15) is 0 Å². The summed E-state index contributed by atoms with van der Waals surface area (Å²) in [4.78, 5) is 31.7. The number of nitrogens with zero attached hydrogens (tertiary/aromatic N) is 3. The number of piperazine rings is 1. The minimum absolute atomic E-state index is 0.0116. The van der Waals surface area contributed by atoms with Gasteiger partial charge in [0.15, 0.2) is 0 Å². The van der Waals surface area contributed by atoms with Crippen molar-refractivity contribution >= 4 is 11.8 Å². The first-order chi connectivity index (χ1) is 16.6. The van der Waals surface area contributed by atoms with Crippen molar-refractivity contribution in [1.82, 2.24) is 20.0 Å². The Hall–Kier alpha value is -2.94. The summed E-state index contributed by atoms with van der Waals surface area (Å²) < 4.78 is 10.6. The van der Waals surface area contributed by atoms with E-state index in [0.29, 0.717) is 39.4 Å². The Morgan fingerprint density at radius 3 is 2.06 bits per heavy atom. The van der Waals surface area contributed by atoms with Crippen molar-refractivity contribution in [2.45, 2.75) is 6.04 Å². The van der Waals surface area contributed by atoms with Crippen molar-refractivity contribution in [2.75, 3.05) is 72.7 Å². The van der Waals surface area contributed by atoms with Crippen LogP contribution in [0.1, 0.15) is 17.2 Å². The molecular weight excluding hydrogens is 432 g/mol. The molecule has 34 heavy (non-hydrogen) atoms. The second kappa shape index (κ2) is 12.0. The lowest BCUT2D eigenvalue weighted by atomic mass is 9.98. The van der Waals surface area contributed by atoms with Crippen LogP contribution in [0.25, 0.3) is 0 Å². The fourth-order valence-electron chi connectivity index (χ4n) is 4.42. The van der Waals surface area contributed by atoms with Gasteiger partial charge < -0.3 is 19.7 Å². The molecule has 2 aromatic rings. The smallest absolute Gasteiger partial charge is 0.236 e. The maximum Gasteiger partial charge on any atom is 0.236 e. The van der Waals surface area contributed by atoms with Crippen LogP contribution in [0.15, 0.2) is 54.6 Å². The third-order valence-corrected chi connectivity index (χ3v) is 6.44. The molecule has 1 atom stereocenters. The van der Waals surface area contributed by atoms with Crippen LogP contribution in [0.5, 0.6) is 5.75 Å². The van der Waals surface area contributed by atoms with Gasteiger partial charge in [0, 0.05) is 39.3 Å². The van der Waals surface area contributed by atoms with Crippen LogP contribution in [0.3, 0.4) is 0 Å². The molecule has 0 saturated carbocycles. The van der Waals surface area contributed by atoms with E-state index in [-0.39, 0.29) is 17.9 Å². The second-order valence-corrected chi connectivity index (χ2v) is 8.73. The van der Waals surface area contributed by atoms with Crippen molar-refractivity contribution in [1.29, 1.82) is 0 Å². The molecule has 0 aliphatic carbocycles. The van der Waals surface area contributed by atoms with E-state index in [9.17, 15) is 9.59 Å². The Bertz CT molecular complexity index is 924. The van der Waals surface area contributed by atoms with Crippen molar-refractivity contribution in [2.24, 2.45) is 0 Å². The fraction of sp³-hybridized carbons (Fsp3) is 0.462. The molecule has 8 heteroatoms. The fourth-order valence-corrected chi connectivity index (χ4v) is 4.42. The molecule has 4 rings (SSSR count). The van der Waals surface area contributed by atoms with Gasteiger partial charge >= 0.3 is 0 Å². The number of rotatable bonds is 8. The average Bonchev–Trinajstić information content (AvgIpc) is 2.89. The third-order valence-electron chi connectivity index (χ3n) is 6.44. The number of carbonyl (C=O) groups excluding carboxylic acids is 2. The van der Waals surface area contributed by atoms with Gasteiger partial charge in [-0.3, -0.25) is 19.4 Å². The van der Waals surface area contributed by atoms with Crippen LogP contribution in [-0.2, 0) is 14.3 Å². The zero-order chi connectivity index (χ0) is 23.8. The molecule has 182 valence electrons. The molecule has 0 spiro atoms. The number of hydrogen-bond donors (Lipinski definition) is 1. The summed E-state index contributed by atoms with van der Waals surface area (Å²) in [5.41, 5.74) is 2.04. The van der Waals surface area contributed by atoms with Gasteiger partial charge in [-0.1, -0.05) is 42.5 Å². The summed E-state index contributed by atoms with van der Waals surface area (Å²) in [7, 11) is 1.64. The SMILES string of the molecule is COc1ccc([C@H](NC(=O)CN2CCN(CC(=O)N3CCOCC3)CC2)c2ccccc2)cc1. The van der Waals surface area contributed by atoms with Crippen molar-refractivity contribution < 1.29 is 19.1 Å². The normalized spacial score (nSPS) is 18.3. The summed E-state index contributed by atoms with van der Waals surface area (Å²) in [6.45, 7) is 6.46. The molecule has 0 bridgehead atoms. The van der Waals surface area contributed by atoms with E-state index in [1.807, 2.05) is 59.5 Å². The zero-order valence-corrected chi connectivity index (χ0v) is 19.8. The molecule has 1 N–H and O–H groups in total. The zero-order valence-electron chi connectivity index (χ0n) is 19.8. The van der Waals surface area contributed by atoms with Crippen molar-refractivity contribution in [3.8, 4) is 5.75 Å². The number of benzene rings is 2. The topological polar surface area (TPSA) is 74.4 Å². The van der Waals surface area contributed by atoms with E-state index in [0.717, 1.165) is 43.1 Å². The molecule has 8 nitrogen and oxygen atoms in total. The quantitative estimate of drug-likeness (QED) is 0.634. The van der Waals surface area contributed by atoms with Gasteiger partial charge in [0.2, 0.25) is 11.8 Å². The predicted octanol–water partition coefficient (Wildman–Crippen LogP) is 1.38. The molecule has 2 heterocycles.